The van der Waals surface area contributed by atoms with E-state index in [1.165, 1.54) is 48.0 Å². The second-order valence-electron chi connectivity index (χ2n) is 20.5. The van der Waals surface area contributed by atoms with Crippen molar-refractivity contribution in [1.82, 2.24) is 58.4 Å². The zero-order valence-electron chi connectivity index (χ0n) is 44.8. The van der Waals surface area contributed by atoms with E-state index in [1.807, 2.05) is 52.2 Å². The standard InChI is InChI=1S/C30H38FN7O3Si.C24H24FN7O3/c1-19-15-32-28(34-26-9-10-33-36(26)5)35-27(19)21-12-23-17-38(29(39)37(23)16-21)25(18-41-42(7,8)30(2,3)4)20-11-22(31)14-24(13-20)40-6;1-14-10-26-23(28-21-4-5-27-30(21)2)29-22(14)16-7-18-12-32(24(34)31(18)11-16)20(13-33)15-6-17(25)9-19(8-15)35-3/h9-16,25H,17-18H2,1-8H3,(H,32,34,35);4-11,20,33H,12-13H2,1-3H3,(H,26,28,29)/t25-;20-/m11/s1. The summed E-state index contributed by atoms with van der Waals surface area (Å²) in [5, 5.41) is 24.6. The van der Waals surface area contributed by atoms with Crippen LogP contribution < -0.4 is 20.1 Å². The number of anilines is 4. The Morgan fingerprint density at radius 2 is 1.13 bits per heavy atom. The number of hydrogen-bond acceptors (Lipinski definition) is 14. The van der Waals surface area contributed by atoms with Crippen molar-refractivity contribution in [3.8, 4) is 34.0 Å². The number of carbonyl (C=O) groups is 2. The van der Waals surface area contributed by atoms with E-state index in [9.17, 15) is 23.5 Å². The highest BCUT2D eigenvalue weighted by molar-refractivity contribution is 6.74. The third-order valence-electron chi connectivity index (χ3n) is 14.3. The van der Waals surface area contributed by atoms with Gasteiger partial charge in [-0.05, 0) is 90.6 Å². The molecule has 0 saturated heterocycles. The lowest BCUT2D eigenvalue weighted by molar-refractivity contribution is 0.141. The van der Waals surface area contributed by atoms with E-state index in [-0.39, 0.29) is 36.9 Å². The number of nitrogens with one attached hydrogen (secondary N) is 2. The first-order chi connectivity index (χ1) is 36.6. The molecule has 8 heterocycles. The fourth-order valence-electron chi connectivity index (χ4n) is 8.98. The Labute approximate surface area is 445 Å². The molecule has 2 aromatic carbocycles. The lowest BCUT2D eigenvalue weighted by Gasteiger charge is -2.38. The van der Waals surface area contributed by atoms with Gasteiger partial charge in [0.15, 0.2) is 8.32 Å². The molecule has 8 aromatic rings. The minimum atomic E-state index is -2.16. The maximum atomic E-state index is 14.6. The summed E-state index contributed by atoms with van der Waals surface area (Å²) in [7, 11) is 4.42. The van der Waals surface area contributed by atoms with Crippen LogP contribution in [-0.2, 0) is 31.6 Å². The number of hydrogen-bond donors (Lipinski definition) is 3. The molecule has 0 saturated carbocycles. The van der Waals surface area contributed by atoms with Gasteiger partial charge in [0.25, 0.3) is 0 Å². The Kier molecular flexibility index (Phi) is 14.9. The summed E-state index contributed by atoms with van der Waals surface area (Å²) in [6.07, 6.45) is 10.4. The van der Waals surface area contributed by atoms with E-state index in [0.29, 0.717) is 46.8 Å². The van der Waals surface area contributed by atoms with Crippen LogP contribution in [0.25, 0.3) is 22.5 Å². The van der Waals surface area contributed by atoms with Crippen LogP contribution in [0.5, 0.6) is 11.5 Å². The van der Waals surface area contributed by atoms with Crippen molar-refractivity contribution in [1.29, 1.82) is 0 Å². The summed E-state index contributed by atoms with van der Waals surface area (Å²) < 4.78 is 52.3. The van der Waals surface area contributed by atoms with Crippen LogP contribution in [0.3, 0.4) is 0 Å². The summed E-state index contributed by atoms with van der Waals surface area (Å²) in [6.45, 7) is 15.2. The number of aliphatic hydroxyl groups is 1. The van der Waals surface area contributed by atoms with Crippen LogP contribution in [0, 0.1) is 25.5 Å². The number of aromatic nitrogens is 10. The molecule has 0 fully saturated rings. The highest BCUT2D eigenvalue weighted by atomic mass is 28.4. The van der Waals surface area contributed by atoms with Gasteiger partial charge in [0.2, 0.25) is 11.9 Å². The zero-order valence-corrected chi connectivity index (χ0v) is 45.8. The third-order valence-corrected chi connectivity index (χ3v) is 18.8. The normalized spacial score (nSPS) is 14.1. The van der Waals surface area contributed by atoms with Gasteiger partial charge >= 0.3 is 12.1 Å². The number of methoxy groups -OCH3 is 2. The molecule has 402 valence electrons. The molecule has 0 radical (unpaired) electrons. The van der Waals surface area contributed by atoms with Gasteiger partial charge in [-0.1, -0.05) is 20.8 Å². The molecule has 2 aliphatic rings. The van der Waals surface area contributed by atoms with E-state index in [1.54, 1.807) is 68.1 Å². The van der Waals surface area contributed by atoms with Crippen LogP contribution in [0.2, 0.25) is 18.1 Å². The topological polar surface area (TPSA) is 210 Å². The average molecular weight is 1070 g/mol. The lowest BCUT2D eigenvalue weighted by Crippen LogP contribution is -2.44. The summed E-state index contributed by atoms with van der Waals surface area (Å²) in [6, 6.07) is 14.5. The van der Waals surface area contributed by atoms with E-state index in [4.69, 9.17) is 18.9 Å². The molecule has 0 bridgehead atoms. The Balaban J connectivity index is 0.000000191. The van der Waals surface area contributed by atoms with Crippen molar-refractivity contribution in [3.05, 3.63) is 143 Å². The molecule has 10 rings (SSSR count). The molecule has 2 atom stereocenters. The number of ether oxygens (including phenoxy) is 2. The fraction of sp³-hybridized carbons (Fsp3) is 0.333. The number of aryl methyl sites for hydroxylation is 4. The van der Waals surface area contributed by atoms with Crippen LogP contribution in [-0.4, -0.2) is 111 Å². The largest absolute Gasteiger partial charge is 0.497 e. The SMILES string of the molecule is COc1cc(F)cc([C@@H](CO)N2Cc3cc(-c4nc(Nc5ccnn5C)ncc4C)cn3C2=O)c1.COc1cc(F)cc([C@@H](CO[Si](C)(C)C(C)(C)C)N2Cc3cc(-c4nc(Nc5ccnn5C)ncc4C)cn3C2=O)c1. The van der Waals surface area contributed by atoms with Gasteiger partial charge in [-0.25, -0.2) is 38.3 Å². The molecule has 2 aliphatic heterocycles. The average Bonchev–Trinajstić information content (AvgIpc) is 4.27. The van der Waals surface area contributed by atoms with Gasteiger partial charge < -0.3 is 39.4 Å². The molecule has 3 N–H and O–H groups in total. The van der Waals surface area contributed by atoms with E-state index in [0.717, 1.165) is 51.0 Å². The van der Waals surface area contributed by atoms with Gasteiger partial charge in [0.05, 0.1) is 76.4 Å². The van der Waals surface area contributed by atoms with Crippen molar-refractivity contribution in [2.45, 2.75) is 77.9 Å². The highest BCUT2D eigenvalue weighted by Crippen LogP contribution is 2.40. The molecule has 0 unspecified atom stereocenters. The smallest absolute Gasteiger partial charge is 0.329 e. The number of carbonyl (C=O) groups excluding carboxylic acids is 2. The van der Waals surface area contributed by atoms with Crippen molar-refractivity contribution in [2.24, 2.45) is 14.1 Å². The second kappa shape index (κ2) is 21.4. The first-order valence-corrected chi connectivity index (χ1v) is 27.7. The molecular weight excluding hydrogens is 1010 g/mol. The number of amides is 2. The first kappa shape index (κ1) is 53.5. The summed E-state index contributed by atoms with van der Waals surface area (Å²) in [5.74, 6) is 2.14. The van der Waals surface area contributed by atoms with Gasteiger partial charge in [-0.2, -0.15) is 10.2 Å². The Morgan fingerprint density at radius 3 is 1.52 bits per heavy atom. The van der Waals surface area contributed by atoms with Crippen LogP contribution in [0.4, 0.5) is 41.9 Å². The number of nitrogens with zero attached hydrogens (tertiary/aromatic N) is 12. The Bertz CT molecular complexity index is 3490. The van der Waals surface area contributed by atoms with Gasteiger partial charge in [-0.3, -0.25) is 18.5 Å². The quantitative estimate of drug-likeness (QED) is 0.0770. The molecule has 77 heavy (non-hydrogen) atoms. The van der Waals surface area contributed by atoms with Crippen molar-refractivity contribution >= 4 is 43.9 Å². The van der Waals surface area contributed by atoms with Crippen molar-refractivity contribution in [2.75, 3.05) is 38.1 Å². The van der Waals surface area contributed by atoms with Gasteiger partial charge in [0, 0.05) is 85.7 Å². The number of halogens is 2. The number of aliphatic hydroxyl groups excluding tert-OH is 1. The molecule has 6 aromatic heterocycles. The van der Waals surface area contributed by atoms with Crippen molar-refractivity contribution < 1.29 is 37.4 Å². The molecule has 20 nitrogen and oxygen atoms in total. The van der Waals surface area contributed by atoms with Crippen LogP contribution >= 0.6 is 0 Å². The fourth-order valence-corrected chi connectivity index (χ4v) is 9.99. The summed E-state index contributed by atoms with van der Waals surface area (Å²) >= 11 is 0. The van der Waals surface area contributed by atoms with Gasteiger partial charge in [-0.15, -0.1) is 0 Å². The highest BCUT2D eigenvalue weighted by Gasteiger charge is 2.41. The van der Waals surface area contributed by atoms with E-state index < -0.39 is 32.0 Å². The van der Waals surface area contributed by atoms with Gasteiger partial charge in [0.1, 0.15) is 34.8 Å². The minimum absolute atomic E-state index is 0.0216. The Morgan fingerprint density at radius 1 is 0.688 bits per heavy atom. The monoisotopic (exact) mass is 1070 g/mol. The lowest BCUT2D eigenvalue weighted by atomic mass is 10.1. The van der Waals surface area contributed by atoms with Crippen LogP contribution in [0.1, 0.15) is 66.5 Å². The molecular formula is C54H62F2N14O6Si. The summed E-state index contributed by atoms with van der Waals surface area (Å²) in [5.41, 5.74) is 7.38. The number of benzene rings is 2. The second-order valence-corrected chi connectivity index (χ2v) is 25.3. The Hall–Kier alpha value is -8.28. The molecule has 0 aliphatic carbocycles. The first-order valence-electron chi connectivity index (χ1n) is 24.8. The predicted molar refractivity (Wildman–Crippen MR) is 288 cm³/mol. The summed E-state index contributed by atoms with van der Waals surface area (Å²) in [4.78, 5) is 48.5. The van der Waals surface area contributed by atoms with E-state index >= 15 is 0 Å². The molecule has 2 amide bonds. The molecule has 0 spiro atoms. The zero-order chi connectivity index (χ0) is 55.1. The van der Waals surface area contributed by atoms with Crippen molar-refractivity contribution in [3.63, 3.8) is 0 Å². The van der Waals surface area contributed by atoms with Crippen LogP contribution in [0.15, 0.2) is 97.8 Å². The molecule has 23 heteroatoms. The maximum Gasteiger partial charge on any atom is 0.329 e. The van der Waals surface area contributed by atoms with E-state index in [2.05, 4.69) is 69.6 Å². The third kappa shape index (κ3) is 11.0. The maximum absolute atomic E-state index is 14.6. The predicted octanol–water partition coefficient (Wildman–Crippen LogP) is 9.82. The number of fused-ring (bicyclic) bond motifs is 2. The minimum Gasteiger partial charge on any atom is -0.497 e. The number of rotatable bonds is 16.